The van der Waals surface area contributed by atoms with Gasteiger partial charge in [-0.2, -0.15) is 11.8 Å². The largest absolute Gasteiger partial charge is 0.468 e. The zero-order valence-corrected chi connectivity index (χ0v) is 18.4. The Balaban J connectivity index is 1.75. The molecular formula is C19H25ClN2O4S2. The average Bonchev–Trinajstić information content (AvgIpc) is 3.13. The number of carbonyl (C=O) groups excluding carboxylic acids is 1. The van der Waals surface area contributed by atoms with Crippen molar-refractivity contribution in [3.05, 3.63) is 52.9 Å². The van der Waals surface area contributed by atoms with E-state index in [9.17, 15) is 13.2 Å². The van der Waals surface area contributed by atoms with Gasteiger partial charge in [-0.25, -0.2) is 8.42 Å². The van der Waals surface area contributed by atoms with E-state index in [1.807, 2.05) is 19.1 Å². The smallest absolute Gasteiger partial charge is 0.232 e. The number of aryl methyl sites for hydroxylation is 1. The lowest BCUT2D eigenvalue weighted by molar-refractivity contribution is -0.121. The first-order chi connectivity index (χ1) is 13.3. The Kier molecular flexibility index (Phi) is 8.72. The van der Waals surface area contributed by atoms with E-state index in [2.05, 4.69) is 5.32 Å². The van der Waals surface area contributed by atoms with Gasteiger partial charge in [-0.1, -0.05) is 17.7 Å². The first kappa shape index (κ1) is 22.6. The number of nitrogens with zero attached hydrogens (tertiary/aromatic N) is 1. The van der Waals surface area contributed by atoms with E-state index in [-0.39, 0.29) is 18.9 Å². The van der Waals surface area contributed by atoms with Crippen molar-refractivity contribution in [3.8, 4) is 0 Å². The molecule has 0 radical (unpaired) electrons. The van der Waals surface area contributed by atoms with Crippen LogP contribution in [0, 0.1) is 6.92 Å². The van der Waals surface area contributed by atoms with Crippen molar-refractivity contribution < 1.29 is 17.6 Å². The molecule has 2 rings (SSSR count). The Morgan fingerprint density at radius 3 is 2.79 bits per heavy atom. The van der Waals surface area contributed by atoms with E-state index < -0.39 is 10.0 Å². The van der Waals surface area contributed by atoms with E-state index in [4.69, 9.17) is 16.0 Å². The van der Waals surface area contributed by atoms with Gasteiger partial charge in [0.15, 0.2) is 0 Å². The van der Waals surface area contributed by atoms with E-state index in [0.717, 1.165) is 29.1 Å². The zero-order chi connectivity index (χ0) is 20.6. The van der Waals surface area contributed by atoms with Crippen molar-refractivity contribution in [3.63, 3.8) is 0 Å². The number of hydrogen-bond acceptors (Lipinski definition) is 5. The van der Waals surface area contributed by atoms with Crippen LogP contribution >= 0.6 is 23.4 Å². The molecule has 0 aliphatic rings. The zero-order valence-electron chi connectivity index (χ0n) is 16.0. The van der Waals surface area contributed by atoms with Crippen LogP contribution in [0.15, 0.2) is 41.0 Å². The van der Waals surface area contributed by atoms with Gasteiger partial charge < -0.3 is 9.73 Å². The molecule has 0 spiro atoms. The number of amides is 1. The van der Waals surface area contributed by atoms with Crippen LogP contribution in [0.4, 0.5) is 5.69 Å². The minimum atomic E-state index is -3.47. The van der Waals surface area contributed by atoms with Gasteiger partial charge in [0.2, 0.25) is 15.9 Å². The summed E-state index contributed by atoms with van der Waals surface area (Å²) in [7, 11) is -3.47. The van der Waals surface area contributed by atoms with Crippen molar-refractivity contribution in [2.24, 2.45) is 0 Å². The summed E-state index contributed by atoms with van der Waals surface area (Å²) in [6, 6.07) is 8.90. The Labute approximate surface area is 175 Å². The Morgan fingerprint density at radius 1 is 1.32 bits per heavy atom. The number of furan rings is 1. The van der Waals surface area contributed by atoms with Gasteiger partial charge in [-0.15, -0.1) is 0 Å². The van der Waals surface area contributed by atoms with Gasteiger partial charge >= 0.3 is 0 Å². The predicted octanol–water partition coefficient (Wildman–Crippen LogP) is 3.84. The van der Waals surface area contributed by atoms with Crippen molar-refractivity contribution in [2.45, 2.75) is 25.5 Å². The first-order valence-electron chi connectivity index (χ1n) is 8.88. The van der Waals surface area contributed by atoms with E-state index >= 15 is 0 Å². The number of carbonyl (C=O) groups is 1. The topological polar surface area (TPSA) is 79.6 Å². The summed E-state index contributed by atoms with van der Waals surface area (Å²) in [6.45, 7) is 2.62. The number of anilines is 1. The minimum Gasteiger partial charge on any atom is -0.468 e. The van der Waals surface area contributed by atoms with Gasteiger partial charge in [-0.05, 0) is 43.2 Å². The molecule has 2 aromatic rings. The van der Waals surface area contributed by atoms with Gasteiger partial charge in [0.1, 0.15) is 5.76 Å². The molecule has 1 aromatic carbocycles. The van der Waals surface area contributed by atoms with Crippen LogP contribution in [0.3, 0.4) is 0 Å². The van der Waals surface area contributed by atoms with E-state index in [1.165, 1.54) is 4.31 Å². The number of rotatable bonds is 11. The van der Waals surface area contributed by atoms with Crippen molar-refractivity contribution >= 4 is 45.0 Å². The van der Waals surface area contributed by atoms with E-state index in [1.54, 1.807) is 36.2 Å². The van der Waals surface area contributed by atoms with Crippen LogP contribution in [0.25, 0.3) is 0 Å². The fourth-order valence-electron chi connectivity index (χ4n) is 2.62. The molecule has 154 valence electrons. The third-order valence-electron chi connectivity index (χ3n) is 4.00. The third-order valence-corrected chi connectivity index (χ3v) is 6.39. The summed E-state index contributed by atoms with van der Waals surface area (Å²) in [4.78, 5) is 12.0. The fourth-order valence-corrected chi connectivity index (χ4v) is 4.56. The van der Waals surface area contributed by atoms with Crippen molar-refractivity contribution in [1.29, 1.82) is 0 Å². The second-order valence-corrected chi connectivity index (χ2v) is 9.80. The first-order valence-corrected chi connectivity index (χ1v) is 12.3. The van der Waals surface area contributed by atoms with Crippen LogP contribution < -0.4 is 9.62 Å². The number of sulfonamides is 1. The molecule has 1 aromatic heterocycles. The molecule has 1 heterocycles. The Morgan fingerprint density at radius 2 is 2.11 bits per heavy atom. The van der Waals surface area contributed by atoms with Crippen molar-refractivity contribution in [1.82, 2.24) is 5.32 Å². The fraction of sp³-hybridized carbons (Fsp3) is 0.421. The summed E-state index contributed by atoms with van der Waals surface area (Å²) in [5, 5.41) is 3.33. The molecule has 6 nitrogen and oxygen atoms in total. The van der Waals surface area contributed by atoms with Gasteiger partial charge in [0, 0.05) is 30.3 Å². The molecule has 1 N–H and O–H groups in total. The molecule has 0 unspecified atom stereocenters. The molecule has 0 aliphatic heterocycles. The molecule has 0 aliphatic carbocycles. The Bertz CT molecular complexity index is 870. The van der Waals surface area contributed by atoms with Crippen molar-refractivity contribution in [2.75, 3.05) is 29.4 Å². The minimum absolute atomic E-state index is 0.0881. The average molecular weight is 445 g/mol. The second-order valence-electron chi connectivity index (χ2n) is 6.35. The highest BCUT2D eigenvalue weighted by Gasteiger charge is 2.19. The summed E-state index contributed by atoms with van der Waals surface area (Å²) in [5.74, 6) is 2.37. The second kappa shape index (κ2) is 10.8. The number of thioether (sulfide) groups is 1. The number of benzene rings is 1. The monoisotopic (exact) mass is 444 g/mol. The number of halogens is 1. The molecule has 0 saturated heterocycles. The summed E-state index contributed by atoms with van der Waals surface area (Å²) in [5.41, 5.74) is 1.36. The van der Waals surface area contributed by atoms with Gasteiger partial charge in [0.25, 0.3) is 0 Å². The predicted molar refractivity (Wildman–Crippen MR) is 115 cm³/mol. The van der Waals surface area contributed by atoms with E-state index in [0.29, 0.717) is 23.7 Å². The SMILES string of the molecule is Cc1ccc(Cl)cc1N(CCCC(=O)NCCSCc1ccco1)S(C)(=O)=O. The quantitative estimate of drug-likeness (QED) is 0.532. The third kappa shape index (κ3) is 7.41. The maximum atomic E-state index is 12.2. The highest BCUT2D eigenvalue weighted by Crippen LogP contribution is 2.26. The normalized spacial score (nSPS) is 11.4. The van der Waals surface area contributed by atoms with Crippen LogP contribution in [-0.4, -0.2) is 39.4 Å². The van der Waals surface area contributed by atoms with Gasteiger partial charge in [0.05, 0.1) is 24.0 Å². The molecular weight excluding hydrogens is 420 g/mol. The van der Waals surface area contributed by atoms with Crippen LogP contribution in [0.2, 0.25) is 5.02 Å². The molecule has 0 bridgehead atoms. The molecule has 28 heavy (non-hydrogen) atoms. The highest BCUT2D eigenvalue weighted by atomic mass is 35.5. The van der Waals surface area contributed by atoms with Crippen LogP contribution in [0.5, 0.6) is 0 Å². The maximum absolute atomic E-state index is 12.2. The lowest BCUT2D eigenvalue weighted by Gasteiger charge is -2.24. The summed E-state index contributed by atoms with van der Waals surface area (Å²) >= 11 is 7.69. The Hall–Kier alpha value is -1.64. The van der Waals surface area contributed by atoms with Gasteiger partial charge in [-0.3, -0.25) is 9.10 Å². The molecule has 1 amide bonds. The highest BCUT2D eigenvalue weighted by molar-refractivity contribution is 7.98. The lowest BCUT2D eigenvalue weighted by atomic mass is 10.2. The molecule has 9 heteroatoms. The number of nitrogens with one attached hydrogen (secondary N) is 1. The maximum Gasteiger partial charge on any atom is 0.232 e. The van der Waals surface area contributed by atoms with Crippen LogP contribution in [0.1, 0.15) is 24.2 Å². The standard InChI is InChI=1S/C19H25ClN2O4S2/c1-15-7-8-16(20)13-18(15)22(28(2,24)25)10-3-6-19(23)21-9-12-27-14-17-5-4-11-26-17/h4-5,7-8,11,13H,3,6,9-10,12,14H2,1-2H3,(H,21,23). The molecule has 0 saturated carbocycles. The lowest BCUT2D eigenvalue weighted by Crippen LogP contribution is -2.33. The molecule has 0 atom stereocenters. The molecule has 0 fully saturated rings. The number of hydrogen-bond donors (Lipinski definition) is 1. The summed E-state index contributed by atoms with van der Waals surface area (Å²) in [6.07, 6.45) is 3.48. The van der Waals surface area contributed by atoms with Crippen LogP contribution in [-0.2, 0) is 20.6 Å². The summed E-state index contributed by atoms with van der Waals surface area (Å²) < 4.78 is 30.9.